The Morgan fingerprint density at radius 3 is 2.84 bits per heavy atom. The molecule has 2 aromatic carbocycles. The van der Waals surface area contributed by atoms with E-state index in [4.69, 9.17) is 16.3 Å². The SMILES string of the molecule is CNC(=O)C1OC2(CCN(Cc3cnn(-c4ccccc4)c3)[C@@H](C)C2)c2cc(Cl)ccc21. The summed E-state index contributed by atoms with van der Waals surface area (Å²) in [6, 6.07) is 16.2. The van der Waals surface area contributed by atoms with Gasteiger partial charge in [-0.2, -0.15) is 5.10 Å². The van der Waals surface area contributed by atoms with Gasteiger partial charge in [-0.3, -0.25) is 9.69 Å². The molecule has 1 spiro atoms. The van der Waals surface area contributed by atoms with Gasteiger partial charge in [0, 0.05) is 43.0 Å². The van der Waals surface area contributed by atoms with Crippen LogP contribution in [-0.4, -0.2) is 40.2 Å². The maximum Gasteiger partial charge on any atom is 0.253 e. The fourth-order valence-corrected chi connectivity index (χ4v) is 5.24. The van der Waals surface area contributed by atoms with E-state index >= 15 is 0 Å². The second kappa shape index (κ2) is 8.35. The van der Waals surface area contributed by atoms with E-state index in [0.717, 1.165) is 42.7 Å². The molecule has 2 unspecified atom stereocenters. The van der Waals surface area contributed by atoms with Gasteiger partial charge in [0.05, 0.1) is 17.5 Å². The van der Waals surface area contributed by atoms with Crippen LogP contribution >= 0.6 is 11.6 Å². The van der Waals surface area contributed by atoms with Crippen molar-refractivity contribution in [3.8, 4) is 5.69 Å². The highest BCUT2D eigenvalue weighted by Gasteiger charge is 2.50. The number of amides is 1. The Balaban J connectivity index is 1.34. The first kappa shape index (κ1) is 21.2. The van der Waals surface area contributed by atoms with Gasteiger partial charge in [-0.1, -0.05) is 35.9 Å². The van der Waals surface area contributed by atoms with Gasteiger partial charge < -0.3 is 10.1 Å². The molecular formula is C25H27ClN4O2. The van der Waals surface area contributed by atoms with Crippen LogP contribution in [0.25, 0.3) is 5.69 Å². The topological polar surface area (TPSA) is 59.4 Å². The molecule has 1 saturated heterocycles. The second-order valence-corrected chi connectivity index (χ2v) is 9.18. The van der Waals surface area contributed by atoms with Crippen LogP contribution in [0, 0.1) is 0 Å². The summed E-state index contributed by atoms with van der Waals surface area (Å²) in [7, 11) is 1.65. The summed E-state index contributed by atoms with van der Waals surface area (Å²) in [5.41, 5.74) is 3.73. The van der Waals surface area contributed by atoms with Crippen molar-refractivity contribution >= 4 is 17.5 Å². The average molecular weight is 451 g/mol. The molecule has 1 N–H and O–H groups in total. The lowest BCUT2D eigenvalue weighted by Gasteiger charge is -2.43. The Kier molecular flexibility index (Phi) is 5.53. The number of hydrogen-bond donors (Lipinski definition) is 1. The standard InChI is InChI=1S/C25H27ClN4O2/c1-17-13-25(22-12-19(26)8-9-21(22)23(32-25)24(31)27-2)10-11-29(17)15-18-14-28-30(16-18)20-6-4-3-5-7-20/h3-9,12,14,16-17,23H,10-11,13,15H2,1-2H3,(H,27,31)/t17-,23?,25?/m0/s1. The number of halogens is 1. The number of para-hydroxylation sites is 1. The minimum Gasteiger partial charge on any atom is -0.357 e. The molecule has 3 heterocycles. The van der Waals surface area contributed by atoms with E-state index in [0.29, 0.717) is 5.02 Å². The van der Waals surface area contributed by atoms with E-state index in [-0.39, 0.29) is 11.9 Å². The molecular weight excluding hydrogens is 424 g/mol. The Bertz CT molecular complexity index is 1130. The van der Waals surface area contributed by atoms with Gasteiger partial charge >= 0.3 is 0 Å². The lowest BCUT2D eigenvalue weighted by atomic mass is 9.80. The fraction of sp³-hybridized carbons (Fsp3) is 0.360. The number of benzene rings is 2. The van der Waals surface area contributed by atoms with Crippen molar-refractivity contribution in [2.75, 3.05) is 13.6 Å². The molecule has 1 fully saturated rings. The molecule has 1 aromatic heterocycles. The largest absolute Gasteiger partial charge is 0.357 e. The van der Waals surface area contributed by atoms with E-state index in [1.807, 2.05) is 59.4 Å². The number of rotatable bonds is 4. The van der Waals surface area contributed by atoms with Crippen LogP contribution in [-0.2, 0) is 21.7 Å². The summed E-state index contributed by atoms with van der Waals surface area (Å²) in [6.45, 7) is 3.92. The second-order valence-electron chi connectivity index (χ2n) is 8.74. The molecule has 3 atom stereocenters. The first-order valence-electron chi connectivity index (χ1n) is 11.0. The minimum atomic E-state index is -0.588. The highest BCUT2D eigenvalue weighted by molar-refractivity contribution is 6.30. The van der Waals surface area contributed by atoms with Crippen molar-refractivity contribution in [1.29, 1.82) is 0 Å². The van der Waals surface area contributed by atoms with Crippen LogP contribution in [0.4, 0.5) is 0 Å². The maximum absolute atomic E-state index is 12.5. The molecule has 0 bridgehead atoms. The maximum atomic E-state index is 12.5. The summed E-state index contributed by atoms with van der Waals surface area (Å²) in [5.74, 6) is -0.117. The third kappa shape index (κ3) is 3.72. The Labute approximate surface area is 193 Å². The molecule has 5 rings (SSSR count). The normalized spacial score (nSPS) is 25.1. The van der Waals surface area contributed by atoms with Crippen LogP contribution in [0.5, 0.6) is 0 Å². The molecule has 0 radical (unpaired) electrons. The predicted molar refractivity (Wildman–Crippen MR) is 124 cm³/mol. The van der Waals surface area contributed by atoms with Gasteiger partial charge in [-0.15, -0.1) is 0 Å². The zero-order valence-electron chi connectivity index (χ0n) is 18.3. The summed E-state index contributed by atoms with van der Waals surface area (Å²) in [6.07, 6.45) is 5.06. The number of nitrogens with zero attached hydrogens (tertiary/aromatic N) is 3. The molecule has 32 heavy (non-hydrogen) atoms. The van der Waals surface area contributed by atoms with E-state index in [1.54, 1.807) is 7.05 Å². The van der Waals surface area contributed by atoms with Crippen molar-refractivity contribution in [2.24, 2.45) is 0 Å². The molecule has 1 amide bonds. The highest BCUT2D eigenvalue weighted by Crippen LogP contribution is 2.51. The van der Waals surface area contributed by atoms with Crippen LogP contribution in [0.3, 0.4) is 0 Å². The number of carbonyl (C=O) groups excluding carboxylic acids is 1. The van der Waals surface area contributed by atoms with Crippen molar-refractivity contribution in [2.45, 2.75) is 44.1 Å². The van der Waals surface area contributed by atoms with Gasteiger partial charge in [0.15, 0.2) is 6.10 Å². The van der Waals surface area contributed by atoms with Crippen LogP contribution in [0.1, 0.15) is 42.6 Å². The minimum absolute atomic E-state index is 0.117. The molecule has 0 aliphatic carbocycles. The highest BCUT2D eigenvalue weighted by atomic mass is 35.5. The van der Waals surface area contributed by atoms with Crippen LogP contribution < -0.4 is 5.32 Å². The number of likely N-dealkylation sites (tertiary alicyclic amines) is 1. The number of nitrogens with one attached hydrogen (secondary N) is 1. The lowest BCUT2D eigenvalue weighted by molar-refractivity contribution is -0.154. The lowest BCUT2D eigenvalue weighted by Crippen LogP contribution is -2.47. The number of fused-ring (bicyclic) bond motifs is 2. The summed E-state index contributed by atoms with van der Waals surface area (Å²) >= 11 is 6.34. The van der Waals surface area contributed by atoms with E-state index in [2.05, 4.69) is 28.4 Å². The smallest absolute Gasteiger partial charge is 0.253 e. The Morgan fingerprint density at radius 1 is 1.28 bits per heavy atom. The zero-order valence-corrected chi connectivity index (χ0v) is 19.0. The average Bonchev–Trinajstić information content (AvgIpc) is 3.39. The Hall–Kier alpha value is -2.67. The summed E-state index contributed by atoms with van der Waals surface area (Å²) in [5, 5.41) is 7.94. The van der Waals surface area contributed by atoms with Crippen molar-refractivity contribution in [3.63, 3.8) is 0 Å². The number of piperidine rings is 1. The third-order valence-corrected chi connectivity index (χ3v) is 6.95. The molecule has 166 valence electrons. The van der Waals surface area contributed by atoms with Crippen LogP contribution in [0.15, 0.2) is 60.9 Å². The molecule has 2 aliphatic heterocycles. The number of aromatic nitrogens is 2. The van der Waals surface area contributed by atoms with Gasteiger partial charge in [-0.05, 0) is 55.2 Å². The zero-order chi connectivity index (χ0) is 22.3. The van der Waals surface area contributed by atoms with Crippen molar-refractivity contribution in [3.05, 3.63) is 82.6 Å². The molecule has 3 aromatic rings. The van der Waals surface area contributed by atoms with E-state index in [1.165, 1.54) is 5.56 Å². The number of likely N-dealkylation sites (N-methyl/N-ethyl adjacent to an activating group) is 1. The third-order valence-electron chi connectivity index (χ3n) is 6.71. The molecule has 2 aliphatic rings. The quantitative estimate of drug-likeness (QED) is 0.646. The van der Waals surface area contributed by atoms with E-state index < -0.39 is 11.7 Å². The fourth-order valence-electron chi connectivity index (χ4n) is 5.07. The van der Waals surface area contributed by atoms with E-state index in [9.17, 15) is 4.79 Å². The summed E-state index contributed by atoms with van der Waals surface area (Å²) in [4.78, 5) is 15.0. The number of ether oxygens (including phenoxy) is 1. The van der Waals surface area contributed by atoms with Crippen molar-refractivity contribution < 1.29 is 9.53 Å². The number of hydrogen-bond acceptors (Lipinski definition) is 4. The Morgan fingerprint density at radius 2 is 2.09 bits per heavy atom. The van der Waals surface area contributed by atoms with Gasteiger partial charge in [0.2, 0.25) is 0 Å². The van der Waals surface area contributed by atoms with Crippen LogP contribution in [0.2, 0.25) is 5.02 Å². The van der Waals surface area contributed by atoms with Gasteiger partial charge in [0.25, 0.3) is 5.91 Å². The summed E-state index contributed by atoms with van der Waals surface area (Å²) < 4.78 is 8.40. The first-order chi connectivity index (χ1) is 15.5. The predicted octanol–water partition coefficient (Wildman–Crippen LogP) is 4.22. The molecule has 0 saturated carbocycles. The number of carbonyl (C=O) groups is 1. The van der Waals surface area contributed by atoms with Gasteiger partial charge in [-0.25, -0.2) is 4.68 Å². The molecule has 7 heteroatoms. The van der Waals surface area contributed by atoms with Gasteiger partial charge in [0.1, 0.15) is 0 Å². The molecule has 6 nitrogen and oxygen atoms in total. The first-order valence-corrected chi connectivity index (χ1v) is 11.4. The van der Waals surface area contributed by atoms with Crippen molar-refractivity contribution in [1.82, 2.24) is 20.0 Å². The monoisotopic (exact) mass is 450 g/mol.